The Morgan fingerprint density at radius 3 is 2.43 bits per heavy atom. The van der Waals surface area contributed by atoms with E-state index < -0.39 is 15.6 Å². The zero-order valence-electron chi connectivity index (χ0n) is 12.2. The van der Waals surface area contributed by atoms with Crippen LogP contribution in [0.4, 0.5) is 5.69 Å². The van der Waals surface area contributed by atoms with Crippen LogP contribution >= 0.6 is 0 Å². The van der Waals surface area contributed by atoms with Gasteiger partial charge in [0.2, 0.25) is 10.0 Å². The Hall–Kier alpha value is -1.11. The van der Waals surface area contributed by atoms with Crippen molar-refractivity contribution >= 4 is 15.7 Å². The van der Waals surface area contributed by atoms with E-state index in [2.05, 4.69) is 16.5 Å². The van der Waals surface area contributed by atoms with Crippen LogP contribution in [0.15, 0.2) is 29.2 Å². The Balaban J connectivity index is 1.65. The molecule has 2 fully saturated rings. The van der Waals surface area contributed by atoms with Crippen molar-refractivity contribution < 1.29 is 13.5 Å². The maximum atomic E-state index is 12.1. The second-order valence-corrected chi connectivity index (χ2v) is 7.93. The molecule has 6 heteroatoms. The SMILES string of the molecule is CCCC1(O)CN(c2ccc(S(=O)(=O)NC3CC3)cc2)C1. The molecule has 1 heterocycles. The lowest BCUT2D eigenvalue weighted by Gasteiger charge is -2.48. The molecule has 1 saturated heterocycles. The molecule has 2 aliphatic rings. The van der Waals surface area contributed by atoms with Gasteiger partial charge in [0.15, 0.2) is 0 Å². The molecular formula is C15H22N2O3S. The Kier molecular flexibility index (Phi) is 3.71. The molecule has 1 aliphatic carbocycles. The van der Waals surface area contributed by atoms with Gasteiger partial charge in [0.1, 0.15) is 0 Å². The predicted molar refractivity (Wildman–Crippen MR) is 81.9 cm³/mol. The van der Waals surface area contributed by atoms with Gasteiger partial charge in [0.05, 0.1) is 10.5 Å². The normalized spacial score (nSPS) is 21.1. The number of hydrogen-bond acceptors (Lipinski definition) is 4. The molecule has 0 amide bonds. The molecule has 1 aliphatic heterocycles. The third-order valence-electron chi connectivity index (χ3n) is 4.10. The minimum atomic E-state index is -3.38. The molecule has 5 nitrogen and oxygen atoms in total. The second-order valence-electron chi connectivity index (χ2n) is 6.22. The Morgan fingerprint density at radius 2 is 1.90 bits per heavy atom. The molecular weight excluding hydrogens is 288 g/mol. The average Bonchev–Trinajstić information content (AvgIpc) is 3.19. The number of sulfonamides is 1. The van der Waals surface area contributed by atoms with E-state index in [-0.39, 0.29) is 6.04 Å². The summed E-state index contributed by atoms with van der Waals surface area (Å²) in [4.78, 5) is 2.38. The first kappa shape index (κ1) is 14.8. The van der Waals surface area contributed by atoms with Crippen LogP contribution in [0.5, 0.6) is 0 Å². The van der Waals surface area contributed by atoms with E-state index in [9.17, 15) is 13.5 Å². The van der Waals surface area contributed by atoms with Gasteiger partial charge < -0.3 is 10.0 Å². The van der Waals surface area contributed by atoms with Crippen LogP contribution in [-0.4, -0.2) is 38.3 Å². The number of β-amino-alcohol motifs (C(OH)–C–C–N with tert-alkyl or cyclic N) is 1. The van der Waals surface area contributed by atoms with E-state index >= 15 is 0 Å². The van der Waals surface area contributed by atoms with E-state index in [1.54, 1.807) is 12.1 Å². The lowest BCUT2D eigenvalue weighted by molar-refractivity contribution is 0.00339. The van der Waals surface area contributed by atoms with Crippen LogP contribution in [0.2, 0.25) is 0 Å². The molecule has 21 heavy (non-hydrogen) atoms. The van der Waals surface area contributed by atoms with E-state index in [4.69, 9.17) is 0 Å². The topological polar surface area (TPSA) is 69.6 Å². The Bertz CT molecular complexity index is 602. The largest absolute Gasteiger partial charge is 0.386 e. The predicted octanol–water partition coefficient (Wildman–Crippen LogP) is 1.48. The highest BCUT2D eigenvalue weighted by Gasteiger charge is 2.40. The summed E-state index contributed by atoms with van der Waals surface area (Å²) < 4.78 is 26.8. The summed E-state index contributed by atoms with van der Waals surface area (Å²) in [6.07, 6.45) is 3.64. The van der Waals surface area contributed by atoms with Crippen LogP contribution in [0.25, 0.3) is 0 Å². The van der Waals surface area contributed by atoms with Crippen molar-refractivity contribution in [2.24, 2.45) is 0 Å². The van der Waals surface area contributed by atoms with Gasteiger partial charge in [0, 0.05) is 24.8 Å². The molecule has 0 bridgehead atoms. The number of nitrogens with zero attached hydrogens (tertiary/aromatic N) is 1. The van der Waals surface area contributed by atoms with Gasteiger partial charge in [-0.2, -0.15) is 0 Å². The third kappa shape index (κ3) is 3.22. The smallest absolute Gasteiger partial charge is 0.240 e. The monoisotopic (exact) mass is 310 g/mol. The van der Waals surface area contributed by atoms with E-state index in [0.717, 1.165) is 31.4 Å². The first-order valence-corrected chi connectivity index (χ1v) is 9.00. The van der Waals surface area contributed by atoms with Gasteiger partial charge >= 0.3 is 0 Å². The first-order valence-electron chi connectivity index (χ1n) is 7.52. The third-order valence-corrected chi connectivity index (χ3v) is 5.63. The lowest BCUT2D eigenvalue weighted by atomic mass is 9.89. The molecule has 1 saturated carbocycles. The Labute approximate surface area is 126 Å². The molecule has 116 valence electrons. The van der Waals surface area contributed by atoms with Crippen LogP contribution in [0.3, 0.4) is 0 Å². The highest BCUT2D eigenvalue weighted by Crippen LogP contribution is 2.31. The zero-order valence-corrected chi connectivity index (χ0v) is 13.1. The van der Waals surface area contributed by atoms with Crippen LogP contribution in [-0.2, 0) is 10.0 Å². The molecule has 0 spiro atoms. The average molecular weight is 310 g/mol. The first-order chi connectivity index (χ1) is 9.92. The Morgan fingerprint density at radius 1 is 1.29 bits per heavy atom. The van der Waals surface area contributed by atoms with E-state index in [1.165, 1.54) is 0 Å². The van der Waals surface area contributed by atoms with E-state index in [1.807, 2.05) is 12.1 Å². The van der Waals surface area contributed by atoms with Crippen molar-refractivity contribution in [1.82, 2.24) is 4.72 Å². The van der Waals surface area contributed by atoms with Crippen LogP contribution < -0.4 is 9.62 Å². The fourth-order valence-electron chi connectivity index (χ4n) is 2.80. The van der Waals surface area contributed by atoms with Crippen molar-refractivity contribution in [3.63, 3.8) is 0 Å². The van der Waals surface area contributed by atoms with E-state index in [0.29, 0.717) is 18.0 Å². The quantitative estimate of drug-likeness (QED) is 0.835. The highest BCUT2D eigenvalue weighted by molar-refractivity contribution is 7.89. The van der Waals surface area contributed by atoms with Crippen LogP contribution in [0, 0.1) is 0 Å². The molecule has 1 aromatic carbocycles. The molecule has 0 unspecified atom stereocenters. The van der Waals surface area contributed by atoms with Gasteiger partial charge in [0.25, 0.3) is 0 Å². The second kappa shape index (κ2) is 5.26. The molecule has 0 atom stereocenters. The minimum Gasteiger partial charge on any atom is -0.386 e. The number of anilines is 1. The van der Waals surface area contributed by atoms with Gasteiger partial charge in [-0.3, -0.25) is 0 Å². The molecule has 0 radical (unpaired) electrons. The van der Waals surface area contributed by atoms with Gasteiger partial charge in [-0.25, -0.2) is 13.1 Å². The number of rotatable bonds is 6. The van der Waals surface area contributed by atoms with Crippen molar-refractivity contribution in [1.29, 1.82) is 0 Å². The number of aliphatic hydroxyl groups is 1. The highest BCUT2D eigenvalue weighted by atomic mass is 32.2. The van der Waals surface area contributed by atoms with Gasteiger partial charge in [-0.15, -0.1) is 0 Å². The van der Waals surface area contributed by atoms with Crippen molar-refractivity contribution in [3.05, 3.63) is 24.3 Å². The van der Waals surface area contributed by atoms with Crippen molar-refractivity contribution in [2.75, 3.05) is 18.0 Å². The summed E-state index contributed by atoms with van der Waals surface area (Å²) in [5.74, 6) is 0. The summed E-state index contributed by atoms with van der Waals surface area (Å²) in [5, 5.41) is 10.2. The number of benzene rings is 1. The molecule has 2 N–H and O–H groups in total. The molecule has 1 aromatic rings. The standard InChI is InChI=1S/C15H22N2O3S/c1-2-9-15(18)10-17(11-15)13-5-7-14(8-6-13)21(19,20)16-12-3-4-12/h5-8,12,16,18H,2-4,9-11H2,1H3. The summed E-state index contributed by atoms with van der Waals surface area (Å²) >= 11 is 0. The fourth-order valence-corrected chi connectivity index (χ4v) is 4.10. The van der Waals surface area contributed by atoms with Crippen molar-refractivity contribution in [3.8, 4) is 0 Å². The molecule has 3 rings (SSSR count). The lowest BCUT2D eigenvalue weighted by Crippen LogP contribution is -2.61. The fraction of sp³-hybridized carbons (Fsp3) is 0.600. The minimum absolute atomic E-state index is 0.120. The van der Waals surface area contributed by atoms with Gasteiger partial charge in [-0.1, -0.05) is 13.3 Å². The maximum absolute atomic E-state index is 12.1. The number of nitrogens with one attached hydrogen (secondary N) is 1. The maximum Gasteiger partial charge on any atom is 0.240 e. The summed E-state index contributed by atoms with van der Waals surface area (Å²) in [6, 6.07) is 7.02. The zero-order chi connectivity index (χ0) is 15.1. The number of hydrogen-bond donors (Lipinski definition) is 2. The summed E-state index contributed by atoms with van der Waals surface area (Å²) in [5.41, 5.74) is 0.383. The summed E-state index contributed by atoms with van der Waals surface area (Å²) in [6.45, 7) is 3.30. The summed E-state index contributed by atoms with van der Waals surface area (Å²) in [7, 11) is -3.38. The van der Waals surface area contributed by atoms with Crippen LogP contribution in [0.1, 0.15) is 32.6 Å². The van der Waals surface area contributed by atoms with Crippen molar-refractivity contribution in [2.45, 2.75) is 49.1 Å². The van der Waals surface area contributed by atoms with Gasteiger partial charge in [-0.05, 0) is 43.5 Å². The molecule has 0 aromatic heterocycles.